The van der Waals surface area contributed by atoms with Gasteiger partial charge < -0.3 is 10.1 Å². The predicted molar refractivity (Wildman–Crippen MR) is 83.2 cm³/mol. The van der Waals surface area contributed by atoms with Crippen LogP contribution in [0.4, 0.5) is 11.4 Å². The molecule has 0 radical (unpaired) electrons. The van der Waals surface area contributed by atoms with Crippen LogP contribution in [0.3, 0.4) is 0 Å². The van der Waals surface area contributed by atoms with E-state index in [4.69, 9.17) is 16.3 Å². The van der Waals surface area contributed by atoms with E-state index in [1.165, 1.54) is 6.07 Å². The van der Waals surface area contributed by atoms with Crippen LogP contribution >= 0.6 is 11.6 Å². The van der Waals surface area contributed by atoms with Crippen molar-refractivity contribution < 1.29 is 9.66 Å². The molecule has 2 aromatic carbocycles. The molecule has 110 valence electrons. The van der Waals surface area contributed by atoms with E-state index >= 15 is 0 Å². The van der Waals surface area contributed by atoms with Crippen molar-refractivity contribution in [3.05, 3.63) is 62.7 Å². The Labute approximate surface area is 127 Å². The summed E-state index contributed by atoms with van der Waals surface area (Å²) in [5.41, 5.74) is 2.76. The zero-order chi connectivity index (χ0) is 15.4. The van der Waals surface area contributed by atoms with Crippen molar-refractivity contribution >= 4 is 23.0 Å². The van der Waals surface area contributed by atoms with E-state index in [1.807, 2.05) is 25.1 Å². The Kier molecular flexibility index (Phi) is 4.65. The third-order valence-electron chi connectivity index (χ3n) is 3.12. The number of nitro benzene ring substituents is 1. The van der Waals surface area contributed by atoms with Gasteiger partial charge in [0.1, 0.15) is 5.75 Å². The van der Waals surface area contributed by atoms with Crippen molar-refractivity contribution in [2.75, 3.05) is 12.4 Å². The highest BCUT2D eigenvalue weighted by atomic mass is 35.5. The number of anilines is 1. The SMILES string of the molecule is COc1ccc(CNc2ccc([N+](=O)[O-])cc2C)cc1Cl. The molecule has 0 amide bonds. The second kappa shape index (κ2) is 6.45. The number of nitrogens with one attached hydrogen (secondary N) is 1. The van der Waals surface area contributed by atoms with Crippen LogP contribution in [-0.4, -0.2) is 12.0 Å². The quantitative estimate of drug-likeness (QED) is 0.665. The molecule has 1 N–H and O–H groups in total. The molecule has 0 spiro atoms. The summed E-state index contributed by atoms with van der Waals surface area (Å²) >= 11 is 6.07. The molecule has 2 rings (SSSR count). The third kappa shape index (κ3) is 3.64. The number of hydrogen-bond acceptors (Lipinski definition) is 4. The normalized spacial score (nSPS) is 10.2. The van der Waals surface area contributed by atoms with Crippen LogP contribution in [0.25, 0.3) is 0 Å². The minimum Gasteiger partial charge on any atom is -0.495 e. The van der Waals surface area contributed by atoms with Crippen molar-refractivity contribution in [1.82, 2.24) is 0 Å². The lowest BCUT2D eigenvalue weighted by molar-refractivity contribution is -0.384. The van der Waals surface area contributed by atoms with Crippen LogP contribution in [0.5, 0.6) is 5.75 Å². The van der Waals surface area contributed by atoms with Gasteiger partial charge in [-0.15, -0.1) is 0 Å². The van der Waals surface area contributed by atoms with Crippen LogP contribution < -0.4 is 10.1 Å². The Bertz CT molecular complexity index is 674. The molecule has 0 aromatic heterocycles. The lowest BCUT2D eigenvalue weighted by Gasteiger charge is -2.10. The number of ether oxygens (including phenoxy) is 1. The number of rotatable bonds is 5. The van der Waals surface area contributed by atoms with E-state index in [-0.39, 0.29) is 5.69 Å². The Morgan fingerprint density at radius 3 is 2.62 bits per heavy atom. The topological polar surface area (TPSA) is 64.4 Å². The third-order valence-corrected chi connectivity index (χ3v) is 3.42. The van der Waals surface area contributed by atoms with Gasteiger partial charge in [-0.05, 0) is 36.2 Å². The van der Waals surface area contributed by atoms with E-state index in [2.05, 4.69) is 5.32 Å². The van der Waals surface area contributed by atoms with E-state index in [0.717, 1.165) is 16.8 Å². The molecule has 0 unspecified atom stereocenters. The maximum Gasteiger partial charge on any atom is 0.269 e. The van der Waals surface area contributed by atoms with Gasteiger partial charge in [0.15, 0.2) is 0 Å². The maximum atomic E-state index is 10.7. The largest absolute Gasteiger partial charge is 0.495 e. The molecule has 6 heteroatoms. The summed E-state index contributed by atoms with van der Waals surface area (Å²) < 4.78 is 5.10. The van der Waals surface area contributed by atoms with Gasteiger partial charge in [0.25, 0.3) is 5.69 Å². The fourth-order valence-corrected chi connectivity index (χ4v) is 2.26. The number of benzene rings is 2. The number of aryl methyl sites for hydroxylation is 1. The number of hydrogen-bond donors (Lipinski definition) is 1. The highest BCUT2D eigenvalue weighted by molar-refractivity contribution is 6.32. The number of halogens is 1. The van der Waals surface area contributed by atoms with Crippen LogP contribution in [0.1, 0.15) is 11.1 Å². The smallest absolute Gasteiger partial charge is 0.269 e. The molecule has 0 aliphatic rings. The molecule has 2 aromatic rings. The fraction of sp³-hybridized carbons (Fsp3) is 0.200. The van der Waals surface area contributed by atoms with Crippen molar-refractivity contribution in [2.45, 2.75) is 13.5 Å². The molecule has 21 heavy (non-hydrogen) atoms. The molecular weight excluding hydrogens is 292 g/mol. The fourth-order valence-electron chi connectivity index (χ4n) is 1.98. The second-order valence-corrected chi connectivity index (χ2v) is 4.99. The molecule has 0 aliphatic heterocycles. The lowest BCUT2D eigenvalue weighted by Crippen LogP contribution is -2.02. The minimum atomic E-state index is -0.403. The van der Waals surface area contributed by atoms with Gasteiger partial charge in [-0.1, -0.05) is 17.7 Å². The molecule has 0 heterocycles. The number of nitrogens with zero attached hydrogens (tertiary/aromatic N) is 1. The average molecular weight is 307 g/mol. The van der Waals surface area contributed by atoms with Gasteiger partial charge >= 0.3 is 0 Å². The van der Waals surface area contributed by atoms with Crippen LogP contribution in [0.2, 0.25) is 5.02 Å². The van der Waals surface area contributed by atoms with Crippen molar-refractivity contribution in [3.63, 3.8) is 0 Å². The van der Waals surface area contributed by atoms with Crippen molar-refractivity contribution in [1.29, 1.82) is 0 Å². The van der Waals surface area contributed by atoms with Crippen molar-refractivity contribution in [2.24, 2.45) is 0 Å². The van der Waals surface area contributed by atoms with Crippen LogP contribution in [0.15, 0.2) is 36.4 Å². The molecule has 0 bridgehead atoms. The Balaban J connectivity index is 2.09. The molecule has 0 atom stereocenters. The molecule has 0 saturated heterocycles. The summed E-state index contributed by atoms with van der Waals surface area (Å²) in [6.45, 7) is 2.40. The molecular formula is C15H15ClN2O3. The standard InChI is InChI=1S/C15H15ClN2O3/c1-10-7-12(18(19)20)4-5-14(10)17-9-11-3-6-15(21-2)13(16)8-11/h3-8,17H,9H2,1-2H3. The van der Waals surface area contributed by atoms with E-state index in [9.17, 15) is 10.1 Å². The van der Waals surface area contributed by atoms with Gasteiger partial charge in [0, 0.05) is 24.4 Å². The summed E-state index contributed by atoms with van der Waals surface area (Å²) in [6.07, 6.45) is 0. The molecule has 5 nitrogen and oxygen atoms in total. The van der Waals surface area contributed by atoms with Gasteiger partial charge in [0.2, 0.25) is 0 Å². The Hall–Kier alpha value is -2.27. The van der Waals surface area contributed by atoms with Gasteiger partial charge in [0.05, 0.1) is 17.1 Å². The first kappa shape index (κ1) is 15.1. The number of nitro groups is 1. The summed E-state index contributed by atoms with van der Waals surface area (Å²) in [7, 11) is 1.57. The molecule has 0 fully saturated rings. The lowest BCUT2D eigenvalue weighted by atomic mass is 10.1. The second-order valence-electron chi connectivity index (χ2n) is 4.58. The van der Waals surface area contributed by atoms with Crippen LogP contribution in [0, 0.1) is 17.0 Å². The zero-order valence-corrected chi connectivity index (χ0v) is 12.5. The van der Waals surface area contributed by atoms with E-state index < -0.39 is 4.92 Å². The van der Waals surface area contributed by atoms with Gasteiger partial charge in [-0.3, -0.25) is 10.1 Å². The monoisotopic (exact) mass is 306 g/mol. The number of methoxy groups -OCH3 is 1. The van der Waals surface area contributed by atoms with Gasteiger partial charge in [-0.2, -0.15) is 0 Å². The number of non-ortho nitro benzene ring substituents is 1. The molecule has 0 aliphatic carbocycles. The van der Waals surface area contributed by atoms with Crippen LogP contribution in [-0.2, 0) is 6.54 Å². The van der Waals surface area contributed by atoms with Gasteiger partial charge in [-0.25, -0.2) is 0 Å². The highest BCUT2D eigenvalue weighted by Gasteiger charge is 2.08. The zero-order valence-electron chi connectivity index (χ0n) is 11.7. The first-order valence-corrected chi connectivity index (χ1v) is 6.70. The minimum absolute atomic E-state index is 0.0885. The van der Waals surface area contributed by atoms with E-state index in [0.29, 0.717) is 17.3 Å². The maximum absolute atomic E-state index is 10.7. The first-order valence-electron chi connectivity index (χ1n) is 6.32. The van der Waals surface area contributed by atoms with Crippen molar-refractivity contribution in [3.8, 4) is 5.75 Å². The highest BCUT2D eigenvalue weighted by Crippen LogP contribution is 2.26. The summed E-state index contributed by atoms with van der Waals surface area (Å²) in [5, 5.41) is 14.5. The summed E-state index contributed by atoms with van der Waals surface area (Å²) in [4.78, 5) is 10.3. The Morgan fingerprint density at radius 1 is 1.29 bits per heavy atom. The first-order chi connectivity index (χ1) is 10.0. The predicted octanol–water partition coefficient (Wildman–Crippen LogP) is 4.18. The van der Waals surface area contributed by atoms with E-state index in [1.54, 1.807) is 19.2 Å². The Morgan fingerprint density at radius 2 is 2.05 bits per heavy atom. The average Bonchev–Trinajstić information content (AvgIpc) is 2.46. The summed E-state index contributed by atoms with van der Waals surface area (Å²) in [5.74, 6) is 0.631. The summed E-state index contributed by atoms with van der Waals surface area (Å²) in [6, 6.07) is 10.3. The molecule has 0 saturated carbocycles.